The summed E-state index contributed by atoms with van der Waals surface area (Å²) in [6, 6.07) is 1.78. The Morgan fingerprint density at radius 1 is 1.21 bits per heavy atom. The third-order valence-electron chi connectivity index (χ3n) is 5.98. The number of amides is 2. The number of nitrogens with one attached hydrogen (secondary N) is 2. The van der Waals surface area contributed by atoms with Crippen LogP contribution in [-0.4, -0.2) is 68.7 Å². The van der Waals surface area contributed by atoms with Gasteiger partial charge in [-0.15, -0.1) is 0 Å². The van der Waals surface area contributed by atoms with Crippen LogP contribution in [0, 0.1) is 13.8 Å². The van der Waals surface area contributed by atoms with Crippen LogP contribution >= 0.6 is 0 Å². The number of nitrogens with zero attached hydrogens (tertiary/aromatic N) is 1. The van der Waals surface area contributed by atoms with Crippen molar-refractivity contribution in [3.8, 4) is 0 Å². The molecule has 7 heteroatoms. The van der Waals surface area contributed by atoms with Gasteiger partial charge < -0.3 is 24.3 Å². The fourth-order valence-electron chi connectivity index (χ4n) is 4.33. The van der Waals surface area contributed by atoms with Crippen LogP contribution in [-0.2, 0) is 9.53 Å². The van der Waals surface area contributed by atoms with Crippen molar-refractivity contribution in [1.82, 2.24) is 10.2 Å². The number of ether oxygens (including phenoxy) is 1. The largest absolute Gasteiger partial charge is 0.466 e. The molecular weight excluding hydrogens is 370 g/mol. The summed E-state index contributed by atoms with van der Waals surface area (Å²) < 4.78 is 11.3. The average Bonchev–Trinajstić information content (AvgIpc) is 3.34. The fourth-order valence-corrected chi connectivity index (χ4v) is 4.33. The van der Waals surface area contributed by atoms with Crippen molar-refractivity contribution < 1.29 is 23.6 Å². The van der Waals surface area contributed by atoms with Crippen LogP contribution in [0.2, 0.25) is 0 Å². The van der Waals surface area contributed by atoms with E-state index in [4.69, 9.17) is 9.15 Å². The SMILES string of the molecule is Cc1cc(C(=O)N(CCC(=O)NCC[NH+]2CCCCC2)C[C@@H]2CCCO2)c(C)o1. The molecule has 0 saturated carbocycles. The van der Waals surface area contributed by atoms with Crippen LogP contribution in [0.1, 0.15) is 60.4 Å². The lowest BCUT2D eigenvalue weighted by Crippen LogP contribution is -3.13. The van der Waals surface area contributed by atoms with Crippen molar-refractivity contribution in [2.75, 3.05) is 45.9 Å². The van der Waals surface area contributed by atoms with Gasteiger partial charge in [0.1, 0.15) is 11.5 Å². The summed E-state index contributed by atoms with van der Waals surface area (Å²) in [6.07, 6.45) is 6.25. The highest BCUT2D eigenvalue weighted by molar-refractivity contribution is 5.95. The lowest BCUT2D eigenvalue weighted by atomic mass is 10.1. The van der Waals surface area contributed by atoms with Gasteiger partial charge >= 0.3 is 0 Å². The van der Waals surface area contributed by atoms with Gasteiger partial charge in [0.15, 0.2) is 0 Å². The smallest absolute Gasteiger partial charge is 0.257 e. The Morgan fingerprint density at radius 2 is 2.00 bits per heavy atom. The second kappa shape index (κ2) is 10.8. The van der Waals surface area contributed by atoms with Gasteiger partial charge in [-0.25, -0.2) is 0 Å². The Kier molecular flexibility index (Phi) is 8.12. The fraction of sp³-hybridized carbons (Fsp3) is 0.727. The van der Waals surface area contributed by atoms with Gasteiger partial charge in [-0.05, 0) is 52.0 Å². The summed E-state index contributed by atoms with van der Waals surface area (Å²) in [5.41, 5.74) is 0.578. The zero-order chi connectivity index (χ0) is 20.6. The van der Waals surface area contributed by atoms with Gasteiger partial charge in [0, 0.05) is 26.1 Å². The second-order valence-electron chi connectivity index (χ2n) is 8.37. The number of aryl methyl sites for hydroxylation is 2. The molecule has 2 aliphatic rings. The highest BCUT2D eigenvalue weighted by atomic mass is 16.5. The second-order valence-corrected chi connectivity index (χ2v) is 8.37. The maximum Gasteiger partial charge on any atom is 0.257 e. The Labute approximate surface area is 173 Å². The molecule has 29 heavy (non-hydrogen) atoms. The summed E-state index contributed by atoms with van der Waals surface area (Å²) in [5.74, 6) is 1.27. The number of quaternary nitrogens is 1. The third-order valence-corrected chi connectivity index (χ3v) is 5.98. The highest BCUT2D eigenvalue weighted by Crippen LogP contribution is 2.19. The molecule has 1 aromatic heterocycles. The normalized spacial score (nSPS) is 20.0. The molecule has 2 aliphatic heterocycles. The summed E-state index contributed by atoms with van der Waals surface area (Å²) in [7, 11) is 0. The van der Waals surface area contributed by atoms with Gasteiger partial charge in [-0.3, -0.25) is 9.59 Å². The van der Waals surface area contributed by atoms with Crippen molar-refractivity contribution in [3.05, 3.63) is 23.2 Å². The van der Waals surface area contributed by atoms with Gasteiger partial charge in [0.05, 0.1) is 37.8 Å². The predicted octanol–water partition coefficient (Wildman–Crippen LogP) is 1.09. The van der Waals surface area contributed by atoms with Crippen molar-refractivity contribution in [3.63, 3.8) is 0 Å². The third kappa shape index (κ3) is 6.57. The van der Waals surface area contributed by atoms with Gasteiger partial charge in [-0.1, -0.05) is 0 Å². The van der Waals surface area contributed by atoms with Crippen molar-refractivity contribution in [2.45, 2.75) is 58.5 Å². The maximum atomic E-state index is 13.1. The Bertz CT molecular complexity index is 676. The molecule has 3 rings (SSSR count). The van der Waals surface area contributed by atoms with E-state index < -0.39 is 0 Å². The zero-order valence-electron chi connectivity index (χ0n) is 17.9. The Morgan fingerprint density at radius 3 is 2.66 bits per heavy atom. The standard InChI is InChI=1S/C22H35N3O4/c1-17-15-20(18(2)29-17)22(27)25(16-19-7-6-14-28-19)12-8-21(26)23-9-13-24-10-4-3-5-11-24/h15,19H,3-14,16H2,1-2H3,(H,23,26)/p+1/t19-/m0/s1. The number of piperidine rings is 1. The van der Waals surface area contributed by atoms with E-state index in [9.17, 15) is 9.59 Å². The van der Waals surface area contributed by atoms with E-state index in [1.54, 1.807) is 22.8 Å². The number of likely N-dealkylation sites (tertiary alicyclic amines) is 1. The van der Waals surface area contributed by atoms with E-state index in [0.717, 1.165) is 31.8 Å². The first-order chi connectivity index (χ1) is 14.0. The van der Waals surface area contributed by atoms with Crippen molar-refractivity contribution in [2.24, 2.45) is 0 Å². The molecule has 0 bridgehead atoms. The Balaban J connectivity index is 1.49. The Hall–Kier alpha value is -1.86. The average molecular weight is 407 g/mol. The number of hydrogen-bond acceptors (Lipinski definition) is 4. The topological polar surface area (TPSA) is 76.2 Å². The molecule has 0 aromatic carbocycles. The first-order valence-electron chi connectivity index (χ1n) is 11.1. The molecule has 1 atom stereocenters. The molecule has 7 nitrogen and oxygen atoms in total. The molecule has 2 amide bonds. The van der Waals surface area contributed by atoms with E-state index >= 15 is 0 Å². The zero-order valence-corrected chi connectivity index (χ0v) is 17.9. The molecule has 0 spiro atoms. The molecule has 3 heterocycles. The number of rotatable bonds is 9. The minimum absolute atomic E-state index is 0.00615. The van der Waals surface area contributed by atoms with Crippen LogP contribution < -0.4 is 10.2 Å². The van der Waals surface area contributed by atoms with Crippen LogP contribution in [0.4, 0.5) is 0 Å². The minimum Gasteiger partial charge on any atom is -0.466 e. The summed E-state index contributed by atoms with van der Waals surface area (Å²) in [6.45, 7) is 9.41. The van der Waals surface area contributed by atoms with Crippen molar-refractivity contribution in [1.29, 1.82) is 0 Å². The van der Waals surface area contributed by atoms with E-state index in [1.165, 1.54) is 32.4 Å². The molecular formula is C22H36N3O4+. The lowest BCUT2D eigenvalue weighted by molar-refractivity contribution is -0.903. The molecule has 2 fully saturated rings. The monoisotopic (exact) mass is 406 g/mol. The molecule has 0 aliphatic carbocycles. The van der Waals surface area contributed by atoms with E-state index in [0.29, 0.717) is 37.4 Å². The van der Waals surface area contributed by atoms with Crippen molar-refractivity contribution >= 4 is 11.8 Å². The number of hydrogen-bond donors (Lipinski definition) is 2. The maximum absolute atomic E-state index is 13.1. The van der Waals surface area contributed by atoms with Crippen LogP contribution in [0.25, 0.3) is 0 Å². The van der Waals surface area contributed by atoms with E-state index in [2.05, 4.69) is 5.32 Å². The number of carbonyl (C=O) groups excluding carboxylic acids is 2. The first-order valence-corrected chi connectivity index (χ1v) is 11.1. The van der Waals surface area contributed by atoms with Crippen LogP contribution in [0.15, 0.2) is 10.5 Å². The summed E-state index contributed by atoms with van der Waals surface area (Å²) in [5, 5.41) is 3.03. The van der Waals surface area contributed by atoms with Gasteiger partial charge in [0.2, 0.25) is 5.91 Å². The van der Waals surface area contributed by atoms with E-state index in [1.807, 2.05) is 6.92 Å². The van der Waals surface area contributed by atoms with E-state index in [-0.39, 0.29) is 17.9 Å². The quantitative estimate of drug-likeness (QED) is 0.644. The number of carbonyl (C=O) groups is 2. The number of furan rings is 1. The molecule has 0 radical (unpaired) electrons. The van der Waals surface area contributed by atoms with Crippen LogP contribution in [0.5, 0.6) is 0 Å². The molecule has 162 valence electrons. The predicted molar refractivity (Wildman–Crippen MR) is 110 cm³/mol. The van der Waals surface area contributed by atoms with Gasteiger partial charge in [-0.2, -0.15) is 0 Å². The van der Waals surface area contributed by atoms with Gasteiger partial charge in [0.25, 0.3) is 5.91 Å². The minimum atomic E-state index is -0.0830. The molecule has 0 unspecified atom stereocenters. The summed E-state index contributed by atoms with van der Waals surface area (Å²) >= 11 is 0. The lowest BCUT2D eigenvalue weighted by Gasteiger charge is -2.25. The molecule has 2 saturated heterocycles. The molecule has 1 aromatic rings. The van der Waals surface area contributed by atoms with Crippen LogP contribution in [0.3, 0.4) is 0 Å². The first kappa shape index (κ1) is 21.8. The highest BCUT2D eigenvalue weighted by Gasteiger charge is 2.26. The molecule has 2 N–H and O–H groups in total. The summed E-state index contributed by atoms with van der Waals surface area (Å²) in [4.78, 5) is 28.8.